The second kappa shape index (κ2) is 6.89. The number of aliphatic hydroxyl groups is 1. The minimum Gasteiger partial charge on any atom is -0.491 e. The first-order valence-corrected chi connectivity index (χ1v) is 8.64. The molecule has 0 spiro atoms. The summed E-state index contributed by atoms with van der Waals surface area (Å²) in [6.07, 6.45) is 0.829. The maximum absolute atomic E-state index is 13.2. The highest BCUT2D eigenvalue weighted by molar-refractivity contribution is 6.03. The average Bonchev–Trinajstić information content (AvgIpc) is 2.93. The number of carbonyl (C=O) groups excluding carboxylic acids is 1. The summed E-state index contributed by atoms with van der Waals surface area (Å²) >= 11 is 0. The molecule has 0 saturated heterocycles. The van der Waals surface area contributed by atoms with Gasteiger partial charge >= 0.3 is 0 Å². The summed E-state index contributed by atoms with van der Waals surface area (Å²) in [5.41, 5.74) is 1.67. The third-order valence-electron chi connectivity index (χ3n) is 4.42. The van der Waals surface area contributed by atoms with Gasteiger partial charge in [-0.3, -0.25) is 4.79 Å². The highest BCUT2D eigenvalue weighted by Gasteiger charge is 2.46. The van der Waals surface area contributed by atoms with E-state index < -0.39 is 5.60 Å². The first-order valence-electron chi connectivity index (χ1n) is 8.64. The number of fused-ring (bicyclic) bond motifs is 1. The summed E-state index contributed by atoms with van der Waals surface area (Å²) in [6.45, 7) is 5.83. The Hall–Kier alpha value is -2.33. The maximum atomic E-state index is 13.2. The van der Waals surface area contributed by atoms with Crippen molar-refractivity contribution >= 4 is 5.78 Å². The Balaban J connectivity index is 1.87. The molecule has 0 radical (unpaired) electrons. The number of aryl methyl sites for hydroxylation is 1. The second-order valence-corrected chi connectivity index (χ2v) is 6.88. The van der Waals surface area contributed by atoms with Crippen LogP contribution in [0.2, 0.25) is 0 Å². The minimum atomic E-state index is -1.04. The van der Waals surface area contributed by atoms with E-state index in [0.717, 1.165) is 22.6 Å². The van der Waals surface area contributed by atoms with Crippen molar-refractivity contribution in [2.45, 2.75) is 45.3 Å². The van der Waals surface area contributed by atoms with Gasteiger partial charge in [0.05, 0.1) is 6.10 Å². The molecule has 25 heavy (non-hydrogen) atoms. The van der Waals surface area contributed by atoms with Crippen molar-refractivity contribution in [3.63, 3.8) is 0 Å². The molecule has 1 aliphatic rings. The molecule has 1 unspecified atom stereocenters. The van der Waals surface area contributed by atoms with Gasteiger partial charge in [-0.15, -0.1) is 0 Å². The van der Waals surface area contributed by atoms with Gasteiger partial charge in [-0.05, 0) is 56.7 Å². The predicted molar refractivity (Wildman–Crippen MR) is 96.5 cm³/mol. The molecule has 1 aliphatic heterocycles. The highest BCUT2D eigenvalue weighted by Crippen LogP contribution is 2.39. The lowest BCUT2D eigenvalue weighted by atomic mass is 9.85. The molecule has 0 aromatic heterocycles. The molecule has 2 aromatic rings. The molecule has 0 aliphatic carbocycles. The van der Waals surface area contributed by atoms with Gasteiger partial charge in [0.25, 0.3) is 0 Å². The van der Waals surface area contributed by atoms with Crippen LogP contribution >= 0.6 is 0 Å². The Morgan fingerprint density at radius 1 is 1.24 bits per heavy atom. The fraction of sp³-hybridized carbons (Fsp3) is 0.381. The lowest BCUT2D eigenvalue weighted by Gasteiger charge is -2.26. The van der Waals surface area contributed by atoms with E-state index in [0.29, 0.717) is 12.0 Å². The number of rotatable bonds is 6. The Morgan fingerprint density at radius 2 is 1.96 bits per heavy atom. The van der Waals surface area contributed by atoms with E-state index in [-0.39, 0.29) is 24.9 Å². The van der Waals surface area contributed by atoms with Crippen molar-refractivity contribution < 1.29 is 19.4 Å². The molecule has 132 valence electrons. The molecule has 1 atom stereocenters. The van der Waals surface area contributed by atoms with Gasteiger partial charge in [0.1, 0.15) is 11.5 Å². The van der Waals surface area contributed by atoms with Crippen LogP contribution in [0.3, 0.4) is 0 Å². The van der Waals surface area contributed by atoms with E-state index in [1.165, 1.54) is 0 Å². The van der Waals surface area contributed by atoms with E-state index >= 15 is 0 Å². The SMILES string of the molecule is Cc1ccc2c(c1)CC(CCO)(C(=O)c1ccc(OC(C)C)cc1)O2. The summed E-state index contributed by atoms with van der Waals surface area (Å²) in [5.74, 6) is 1.35. The van der Waals surface area contributed by atoms with Crippen LogP contribution in [0, 0.1) is 6.92 Å². The number of hydrogen-bond acceptors (Lipinski definition) is 4. The molecule has 2 aromatic carbocycles. The van der Waals surface area contributed by atoms with Crippen LogP contribution in [0.25, 0.3) is 0 Å². The molecule has 1 heterocycles. The molecular formula is C21H24O4. The Morgan fingerprint density at radius 3 is 2.60 bits per heavy atom. The van der Waals surface area contributed by atoms with Crippen LogP contribution < -0.4 is 9.47 Å². The molecule has 1 N–H and O–H groups in total. The van der Waals surface area contributed by atoms with E-state index in [9.17, 15) is 9.90 Å². The van der Waals surface area contributed by atoms with E-state index in [2.05, 4.69) is 0 Å². The Labute approximate surface area is 148 Å². The lowest BCUT2D eigenvalue weighted by molar-refractivity contribution is 0.0427. The normalized spacial score (nSPS) is 18.8. The fourth-order valence-electron chi connectivity index (χ4n) is 3.28. The van der Waals surface area contributed by atoms with Crippen LogP contribution in [-0.2, 0) is 6.42 Å². The monoisotopic (exact) mass is 340 g/mol. The zero-order valence-corrected chi connectivity index (χ0v) is 14.9. The molecule has 4 nitrogen and oxygen atoms in total. The molecular weight excluding hydrogens is 316 g/mol. The van der Waals surface area contributed by atoms with Crippen molar-refractivity contribution in [2.75, 3.05) is 6.61 Å². The van der Waals surface area contributed by atoms with E-state index in [1.54, 1.807) is 24.3 Å². The van der Waals surface area contributed by atoms with Crippen LogP contribution in [0.5, 0.6) is 11.5 Å². The van der Waals surface area contributed by atoms with Crippen LogP contribution in [0.1, 0.15) is 41.8 Å². The minimum absolute atomic E-state index is 0.0817. The zero-order valence-electron chi connectivity index (χ0n) is 14.9. The first-order chi connectivity index (χ1) is 11.9. The van der Waals surface area contributed by atoms with Gasteiger partial charge < -0.3 is 14.6 Å². The smallest absolute Gasteiger partial charge is 0.206 e. The summed E-state index contributed by atoms with van der Waals surface area (Å²) in [7, 11) is 0. The summed E-state index contributed by atoms with van der Waals surface area (Å²) in [6, 6.07) is 13.0. The number of carbonyl (C=O) groups is 1. The number of ether oxygens (including phenoxy) is 2. The lowest BCUT2D eigenvalue weighted by Crippen LogP contribution is -2.44. The highest BCUT2D eigenvalue weighted by atomic mass is 16.5. The molecule has 4 heteroatoms. The van der Waals surface area contributed by atoms with Gasteiger partial charge in [0, 0.05) is 25.0 Å². The van der Waals surface area contributed by atoms with Crippen LogP contribution in [0.15, 0.2) is 42.5 Å². The Kier molecular flexibility index (Phi) is 4.82. The molecule has 3 rings (SSSR count). The van der Waals surface area contributed by atoms with Gasteiger partial charge in [0.15, 0.2) is 5.60 Å². The predicted octanol–water partition coefficient (Wildman–Crippen LogP) is 3.72. The summed E-state index contributed by atoms with van der Waals surface area (Å²) in [5, 5.41) is 9.51. The fourth-order valence-corrected chi connectivity index (χ4v) is 3.28. The molecule has 0 amide bonds. The van der Waals surface area contributed by atoms with Gasteiger partial charge in [-0.25, -0.2) is 0 Å². The number of benzene rings is 2. The van der Waals surface area contributed by atoms with Crippen molar-refractivity contribution in [2.24, 2.45) is 0 Å². The topological polar surface area (TPSA) is 55.8 Å². The third kappa shape index (κ3) is 3.54. The average molecular weight is 340 g/mol. The quantitative estimate of drug-likeness (QED) is 0.814. The van der Waals surface area contributed by atoms with Crippen molar-refractivity contribution in [1.29, 1.82) is 0 Å². The standard InChI is InChI=1S/C21H24O4/c1-14(2)24-18-7-5-16(6-8-18)20(23)21(10-11-22)13-17-12-15(3)4-9-19(17)25-21/h4-9,12,14,22H,10-11,13H2,1-3H3. The summed E-state index contributed by atoms with van der Waals surface area (Å²) in [4.78, 5) is 13.2. The zero-order chi connectivity index (χ0) is 18.0. The number of Topliss-reactive ketones (excluding diaryl/α,β-unsaturated/α-hetero) is 1. The van der Waals surface area contributed by atoms with Crippen LogP contribution in [0.4, 0.5) is 0 Å². The molecule has 0 fully saturated rings. The van der Waals surface area contributed by atoms with Gasteiger partial charge in [-0.1, -0.05) is 17.7 Å². The maximum Gasteiger partial charge on any atom is 0.206 e. The summed E-state index contributed by atoms with van der Waals surface area (Å²) < 4.78 is 11.7. The largest absolute Gasteiger partial charge is 0.491 e. The first kappa shape index (κ1) is 17.5. The molecule has 0 saturated carbocycles. The van der Waals surface area contributed by atoms with Crippen molar-refractivity contribution in [3.05, 3.63) is 59.2 Å². The van der Waals surface area contributed by atoms with Crippen molar-refractivity contribution in [3.8, 4) is 11.5 Å². The third-order valence-corrected chi connectivity index (χ3v) is 4.42. The number of ketones is 1. The molecule has 0 bridgehead atoms. The number of hydrogen-bond donors (Lipinski definition) is 1. The second-order valence-electron chi connectivity index (χ2n) is 6.88. The van der Waals surface area contributed by atoms with Crippen LogP contribution in [-0.4, -0.2) is 29.2 Å². The van der Waals surface area contributed by atoms with E-state index in [1.807, 2.05) is 39.0 Å². The van der Waals surface area contributed by atoms with Gasteiger partial charge in [-0.2, -0.15) is 0 Å². The number of aliphatic hydroxyl groups excluding tert-OH is 1. The van der Waals surface area contributed by atoms with Gasteiger partial charge in [0.2, 0.25) is 5.78 Å². The van der Waals surface area contributed by atoms with E-state index in [4.69, 9.17) is 9.47 Å². The van der Waals surface area contributed by atoms with Crippen molar-refractivity contribution in [1.82, 2.24) is 0 Å². The Bertz CT molecular complexity index is 764.